The summed E-state index contributed by atoms with van der Waals surface area (Å²) in [6, 6.07) is 3.91. The van der Waals surface area contributed by atoms with Crippen LogP contribution < -0.4 is 5.73 Å². The van der Waals surface area contributed by atoms with Crippen molar-refractivity contribution in [1.82, 2.24) is 0 Å². The molecule has 0 unspecified atom stereocenters. The Labute approximate surface area is 88.6 Å². The molecule has 15 heavy (non-hydrogen) atoms. The van der Waals surface area contributed by atoms with E-state index in [0.717, 1.165) is 12.0 Å². The van der Waals surface area contributed by atoms with Gasteiger partial charge in [-0.15, -0.1) is 0 Å². The third-order valence-electron chi connectivity index (χ3n) is 2.18. The smallest absolute Gasteiger partial charge is 0.129 e. The summed E-state index contributed by atoms with van der Waals surface area (Å²) in [4.78, 5) is 0. The van der Waals surface area contributed by atoms with Crippen LogP contribution in [0.1, 0.15) is 18.9 Å². The van der Waals surface area contributed by atoms with E-state index in [1.165, 1.54) is 18.2 Å². The highest BCUT2D eigenvalue weighted by Crippen LogP contribution is 2.16. The molecule has 0 aliphatic carbocycles. The van der Waals surface area contributed by atoms with Gasteiger partial charge in [-0.2, -0.15) is 0 Å². The normalized spacial score (nSPS) is 11.9. The molecule has 0 fully saturated rings. The molecule has 82 valence electrons. The molecule has 0 atom stereocenters. The van der Waals surface area contributed by atoms with Crippen LogP contribution in [0.4, 0.5) is 8.78 Å². The largest absolute Gasteiger partial charge is 0.330 e. The monoisotopic (exact) mass is 211 g/mol. The highest BCUT2D eigenvalue weighted by Gasteiger charge is 2.07. The lowest BCUT2D eigenvalue weighted by Crippen LogP contribution is -1.99. The van der Waals surface area contributed by atoms with Gasteiger partial charge in [-0.05, 0) is 38.4 Å². The fourth-order valence-corrected chi connectivity index (χ4v) is 1.38. The molecular formula is C12H15F2N. The molecule has 0 radical (unpaired) electrons. The lowest BCUT2D eigenvalue weighted by molar-refractivity contribution is 0.560. The van der Waals surface area contributed by atoms with Crippen molar-refractivity contribution >= 4 is 0 Å². The Balaban J connectivity index is 2.80. The van der Waals surface area contributed by atoms with Crippen molar-refractivity contribution in [2.24, 2.45) is 5.73 Å². The van der Waals surface area contributed by atoms with Gasteiger partial charge in [0.1, 0.15) is 11.6 Å². The van der Waals surface area contributed by atoms with Gasteiger partial charge in [0.2, 0.25) is 0 Å². The zero-order valence-corrected chi connectivity index (χ0v) is 8.76. The summed E-state index contributed by atoms with van der Waals surface area (Å²) >= 11 is 0. The number of rotatable bonds is 4. The van der Waals surface area contributed by atoms with Crippen LogP contribution in [-0.4, -0.2) is 6.54 Å². The van der Waals surface area contributed by atoms with Gasteiger partial charge < -0.3 is 5.73 Å². The molecule has 0 saturated heterocycles. The van der Waals surface area contributed by atoms with Crippen LogP contribution >= 0.6 is 0 Å². The molecule has 1 nitrogen and oxygen atoms in total. The van der Waals surface area contributed by atoms with Crippen molar-refractivity contribution in [3.63, 3.8) is 0 Å². The topological polar surface area (TPSA) is 26.0 Å². The molecule has 3 heteroatoms. The van der Waals surface area contributed by atoms with Crippen LogP contribution in [0.3, 0.4) is 0 Å². The summed E-state index contributed by atoms with van der Waals surface area (Å²) in [5, 5.41) is 0. The first-order valence-corrected chi connectivity index (χ1v) is 4.93. The molecule has 0 heterocycles. The quantitative estimate of drug-likeness (QED) is 0.761. The molecule has 0 aromatic heterocycles. The van der Waals surface area contributed by atoms with E-state index >= 15 is 0 Å². The molecule has 1 aromatic rings. The molecule has 0 bridgehead atoms. The number of hydrogen-bond donors (Lipinski definition) is 1. The maximum atomic E-state index is 13.2. The van der Waals surface area contributed by atoms with Crippen molar-refractivity contribution in [1.29, 1.82) is 0 Å². The first kappa shape index (κ1) is 11.9. The summed E-state index contributed by atoms with van der Waals surface area (Å²) in [7, 11) is 0. The van der Waals surface area contributed by atoms with Crippen molar-refractivity contribution in [3.8, 4) is 0 Å². The van der Waals surface area contributed by atoms with Gasteiger partial charge >= 0.3 is 0 Å². The zero-order chi connectivity index (χ0) is 11.3. The highest BCUT2D eigenvalue weighted by atomic mass is 19.1. The maximum absolute atomic E-state index is 13.2. The third kappa shape index (κ3) is 3.44. The summed E-state index contributed by atoms with van der Waals surface area (Å²) < 4.78 is 26.5. The van der Waals surface area contributed by atoms with Crippen molar-refractivity contribution < 1.29 is 8.78 Å². The lowest BCUT2D eigenvalue weighted by atomic mass is 10.0. The summed E-state index contributed by atoms with van der Waals surface area (Å²) in [5.74, 6) is -0.981. The Morgan fingerprint density at radius 3 is 2.47 bits per heavy atom. The Morgan fingerprint density at radius 1 is 1.33 bits per heavy atom. The molecule has 1 aromatic carbocycles. The Hall–Kier alpha value is -1.22. The van der Waals surface area contributed by atoms with E-state index in [4.69, 9.17) is 5.73 Å². The predicted octanol–water partition coefficient (Wildman–Crippen LogP) is 2.80. The predicted molar refractivity (Wildman–Crippen MR) is 57.5 cm³/mol. The van der Waals surface area contributed by atoms with E-state index in [1.54, 1.807) is 0 Å². The second kappa shape index (κ2) is 5.61. The van der Waals surface area contributed by atoms with Crippen LogP contribution in [0.5, 0.6) is 0 Å². The fourth-order valence-electron chi connectivity index (χ4n) is 1.38. The van der Waals surface area contributed by atoms with E-state index < -0.39 is 11.6 Å². The van der Waals surface area contributed by atoms with Gasteiger partial charge in [0.05, 0.1) is 0 Å². The number of halogens is 2. The standard InChI is InChI=1S/C12H15F2N/c1-9(4-3-7-15)8-10-11(13)5-2-6-12(10)14/h2,4-6H,3,7-8,15H2,1H3/b9-4-. The first-order valence-electron chi connectivity index (χ1n) is 4.93. The van der Waals surface area contributed by atoms with E-state index in [9.17, 15) is 8.78 Å². The van der Waals surface area contributed by atoms with E-state index in [-0.39, 0.29) is 5.56 Å². The van der Waals surface area contributed by atoms with Gasteiger partial charge in [0, 0.05) is 5.56 Å². The van der Waals surface area contributed by atoms with E-state index in [1.807, 2.05) is 13.0 Å². The zero-order valence-electron chi connectivity index (χ0n) is 8.76. The number of benzene rings is 1. The van der Waals surface area contributed by atoms with Crippen LogP contribution in [0.2, 0.25) is 0 Å². The van der Waals surface area contributed by atoms with Gasteiger partial charge in [-0.1, -0.05) is 17.7 Å². The molecule has 0 spiro atoms. The molecular weight excluding hydrogens is 196 g/mol. The van der Waals surface area contributed by atoms with Crippen LogP contribution in [0.25, 0.3) is 0 Å². The summed E-state index contributed by atoms with van der Waals surface area (Å²) in [5.41, 5.74) is 6.40. The minimum atomic E-state index is -0.490. The van der Waals surface area contributed by atoms with Crippen molar-refractivity contribution in [2.45, 2.75) is 19.8 Å². The lowest BCUT2D eigenvalue weighted by Gasteiger charge is -2.05. The van der Waals surface area contributed by atoms with Gasteiger partial charge in [0.25, 0.3) is 0 Å². The Bertz CT molecular complexity index is 338. The average molecular weight is 211 g/mol. The molecule has 0 amide bonds. The fraction of sp³-hybridized carbons (Fsp3) is 0.333. The van der Waals surface area contributed by atoms with E-state index in [2.05, 4.69) is 0 Å². The van der Waals surface area contributed by atoms with E-state index in [0.29, 0.717) is 13.0 Å². The van der Waals surface area contributed by atoms with Gasteiger partial charge in [-0.3, -0.25) is 0 Å². The minimum absolute atomic E-state index is 0.128. The SMILES string of the molecule is C/C(=C/CCN)Cc1c(F)cccc1F. The number of nitrogens with two attached hydrogens (primary N) is 1. The summed E-state index contributed by atoms with van der Waals surface area (Å²) in [6.07, 6.45) is 2.95. The molecule has 0 aliphatic heterocycles. The molecule has 0 aliphatic rings. The highest BCUT2D eigenvalue weighted by molar-refractivity contribution is 5.24. The summed E-state index contributed by atoms with van der Waals surface area (Å²) in [6.45, 7) is 2.40. The molecule has 0 saturated carbocycles. The molecule has 2 N–H and O–H groups in total. The third-order valence-corrected chi connectivity index (χ3v) is 2.18. The van der Waals surface area contributed by atoms with Gasteiger partial charge in [0.15, 0.2) is 0 Å². The van der Waals surface area contributed by atoms with Crippen LogP contribution in [0, 0.1) is 11.6 Å². The number of hydrogen-bond acceptors (Lipinski definition) is 1. The average Bonchev–Trinajstić information content (AvgIpc) is 2.21. The Kier molecular flexibility index (Phi) is 4.43. The molecule has 1 rings (SSSR count). The van der Waals surface area contributed by atoms with Crippen LogP contribution in [0.15, 0.2) is 29.8 Å². The first-order chi connectivity index (χ1) is 7.15. The van der Waals surface area contributed by atoms with Crippen molar-refractivity contribution in [3.05, 3.63) is 47.0 Å². The van der Waals surface area contributed by atoms with Crippen molar-refractivity contribution in [2.75, 3.05) is 6.54 Å². The maximum Gasteiger partial charge on any atom is 0.129 e. The minimum Gasteiger partial charge on any atom is -0.330 e. The van der Waals surface area contributed by atoms with Gasteiger partial charge in [-0.25, -0.2) is 8.78 Å². The Morgan fingerprint density at radius 2 is 1.93 bits per heavy atom. The van der Waals surface area contributed by atoms with Crippen LogP contribution in [-0.2, 0) is 6.42 Å². The second-order valence-corrected chi connectivity index (χ2v) is 3.50. The second-order valence-electron chi connectivity index (χ2n) is 3.50. The number of allylic oxidation sites excluding steroid dienone is 1.